The van der Waals surface area contributed by atoms with E-state index in [4.69, 9.17) is 0 Å². The fourth-order valence-electron chi connectivity index (χ4n) is 3.09. The maximum Gasteiger partial charge on any atom is 0.0537 e. The minimum atomic E-state index is 0.485. The summed E-state index contributed by atoms with van der Waals surface area (Å²) in [6.07, 6.45) is 13.8. The van der Waals surface area contributed by atoms with E-state index in [1.807, 2.05) is 6.20 Å². The Hall–Kier alpha value is -0.830. The van der Waals surface area contributed by atoms with Gasteiger partial charge in [-0.2, -0.15) is 5.10 Å². The van der Waals surface area contributed by atoms with Crippen LogP contribution in [-0.4, -0.2) is 16.8 Å². The Bertz CT molecular complexity index is 339. The van der Waals surface area contributed by atoms with Crippen LogP contribution in [-0.2, 0) is 6.54 Å². The van der Waals surface area contributed by atoms with Crippen molar-refractivity contribution < 1.29 is 0 Å². The lowest BCUT2D eigenvalue weighted by molar-refractivity contribution is 0.305. The zero-order chi connectivity index (χ0) is 12.8. The molecular formula is C15H27N3. The summed E-state index contributed by atoms with van der Waals surface area (Å²) in [7, 11) is 2.07. The first kappa shape index (κ1) is 13.6. The fourth-order valence-corrected chi connectivity index (χ4v) is 3.09. The normalized spacial score (nSPS) is 19.0. The molecule has 1 unspecified atom stereocenters. The van der Waals surface area contributed by atoms with Crippen LogP contribution in [0.15, 0.2) is 12.4 Å². The molecule has 1 N–H and O–H groups in total. The molecule has 1 heterocycles. The van der Waals surface area contributed by atoms with Crippen molar-refractivity contribution in [1.82, 2.24) is 15.1 Å². The summed E-state index contributed by atoms with van der Waals surface area (Å²) >= 11 is 0. The van der Waals surface area contributed by atoms with Gasteiger partial charge >= 0.3 is 0 Å². The second kappa shape index (κ2) is 6.93. The van der Waals surface area contributed by atoms with Crippen LogP contribution in [0.1, 0.15) is 63.5 Å². The van der Waals surface area contributed by atoms with Crippen molar-refractivity contribution in [2.24, 2.45) is 5.92 Å². The Kier molecular flexibility index (Phi) is 5.24. The number of nitrogens with zero attached hydrogens (tertiary/aromatic N) is 2. The Labute approximate surface area is 111 Å². The summed E-state index contributed by atoms with van der Waals surface area (Å²) in [6.45, 7) is 3.22. The fraction of sp³-hybridized carbons (Fsp3) is 0.800. The van der Waals surface area contributed by atoms with E-state index >= 15 is 0 Å². The average Bonchev–Trinajstić information content (AvgIpc) is 2.86. The molecule has 102 valence electrons. The van der Waals surface area contributed by atoms with Crippen molar-refractivity contribution in [2.75, 3.05) is 7.05 Å². The molecule has 1 aromatic rings. The zero-order valence-electron chi connectivity index (χ0n) is 11.9. The zero-order valence-corrected chi connectivity index (χ0v) is 11.9. The Morgan fingerprint density at radius 3 is 2.83 bits per heavy atom. The van der Waals surface area contributed by atoms with Crippen LogP contribution in [0.5, 0.6) is 0 Å². The number of aromatic nitrogens is 2. The van der Waals surface area contributed by atoms with Crippen LogP contribution in [0, 0.1) is 5.92 Å². The van der Waals surface area contributed by atoms with Gasteiger partial charge < -0.3 is 5.32 Å². The van der Waals surface area contributed by atoms with Gasteiger partial charge in [0, 0.05) is 24.3 Å². The standard InChI is InChI=1S/C15H27N3/c1-3-9-18-12-14(11-17-18)15(16-2)10-13-7-5-4-6-8-13/h11-13,15-16H,3-10H2,1-2H3. The van der Waals surface area contributed by atoms with E-state index in [0.29, 0.717) is 6.04 Å². The summed E-state index contributed by atoms with van der Waals surface area (Å²) < 4.78 is 2.07. The molecule has 0 aromatic carbocycles. The van der Waals surface area contributed by atoms with Gasteiger partial charge in [-0.1, -0.05) is 39.0 Å². The van der Waals surface area contributed by atoms with Gasteiger partial charge in [0.25, 0.3) is 0 Å². The van der Waals surface area contributed by atoms with Crippen molar-refractivity contribution in [3.63, 3.8) is 0 Å². The molecule has 1 aliphatic carbocycles. The molecule has 1 atom stereocenters. The van der Waals surface area contributed by atoms with Gasteiger partial charge in [0.15, 0.2) is 0 Å². The molecule has 1 aromatic heterocycles. The highest BCUT2D eigenvalue weighted by molar-refractivity contribution is 5.10. The van der Waals surface area contributed by atoms with E-state index < -0.39 is 0 Å². The minimum Gasteiger partial charge on any atom is -0.313 e. The number of aryl methyl sites for hydroxylation is 1. The predicted molar refractivity (Wildman–Crippen MR) is 75.5 cm³/mol. The van der Waals surface area contributed by atoms with E-state index in [-0.39, 0.29) is 0 Å². The molecule has 1 aliphatic rings. The highest BCUT2D eigenvalue weighted by atomic mass is 15.3. The Balaban J connectivity index is 1.93. The van der Waals surface area contributed by atoms with Crippen molar-refractivity contribution in [1.29, 1.82) is 0 Å². The summed E-state index contributed by atoms with van der Waals surface area (Å²) in [6, 6.07) is 0.485. The lowest BCUT2D eigenvalue weighted by atomic mass is 9.84. The summed E-state index contributed by atoms with van der Waals surface area (Å²) in [5, 5.41) is 7.91. The third kappa shape index (κ3) is 3.58. The van der Waals surface area contributed by atoms with E-state index in [1.54, 1.807) is 0 Å². The molecule has 0 spiro atoms. The second-order valence-corrected chi connectivity index (χ2v) is 5.62. The van der Waals surface area contributed by atoms with Gasteiger partial charge in [-0.05, 0) is 25.8 Å². The molecule has 0 amide bonds. The third-order valence-corrected chi connectivity index (χ3v) is 4.15. The largest absolute Gasteiger partial charge is 0.313 e. The van der Waals surface area contributed by atoms with Crippen LogP contribution >= 0.6 is 0 Å². The highest BCUT2D eigenvalue weighted by Crippen LogP contribution is 2.31. The number of nitrogens with one attached hydrogen (secondary N) is 1. The molecule has 1 fully saturated rings. The topological polar surface area (TPSA) is 29.9 Å². The lowest BCUT2D eigenvalue weighted by Crippen LogP contribution is -2.20. The first-order valence-corrected chi connectivity index (χ1v) is 7.53. The van der Waals surface area contributed by atoms with E-state index in [2.05, 4.69) is 35.3 Å². The number of rotatable bonds is 6. The number of hydrogen-bond acceptors (Lipinski definition) is 2. The lowest BCUT2D eigenvalue weighted by Gasteiger charge is -2.25. The average molecular weight is 249 g/mol. The maximum absolute atomic E-state index is 4.44. The van der Waals surface area contributed by atoms with Gasteiger partial charge in [-0.25, -0.2) is 0 Å². The monoisotopic (exact) mass is 249 g/mol. The van der Waals surface area contributed by atoms with Gasteiger partial charge in [-0.3, -0.25) is 4.68 Å². The highest BCUT2D eigenvalue weighted by Gasteiger charge is 2.20. The molecule has 0 saturated heterocycles. The molecular weight excluding hydrogens is 222 g/mol. The SMILES string of the molecule is CCCn1cc(C(CC2CCCCC2)NC)cn1. The molecule has 2 rings (SSSR count). The van der Waals surface area contributed by atoms with E-state index in [1.165, 1.54) is 44.1 Å². The van der Waals surface area contributed by atoms with Gasteiger partial charge in [0.05, 0.1) is 6.20 Å². The second-order valence-electron chi connectivity index (χ2n) is 5.62. The Morgan fingerprint density at radius 1 is 1.39 bits per heavy atom. The molecule has 3 heteroatoms. The van der Waals surface area contributed by atoms with Gasteiger partial charge in [0.1, 0.15) is 0 Å². The summed E-state index contributed by atoms with van der Waals surface area (Å²) in [4.78, 5) is 0. The molecule has 1 saturated carbocycles. The first-order valence-electron chi connectivity index (χ1n) is 7.53. The molecule has 0 bridgehead atoms. The van der Waals surface area contributed by atoms with Crippen LogP contribution < -0.4 is 5.32 Å². The van der Waals surface area contributed by atoms with Gasteiger partial charge in [-0.15, -0.1) is 0 Å². The van der Waals surface area contributed by atoms with Crippen molar-refractivity contribution in [2.45, 2.75) is 64.5 Å². The smallest absolute Gasteiger partial charge is 0.0537 e. The minimum absolute atomic E-state index is 0.485. The van der Waals surface area contributed by atoms with Crippen LogP contribution in [0.25, 0.3) is 0 Å². The molecule has 0 radical (unpaired) electrons. The van der Waals surface area contributed by atoms with Crippen LogP contribution in [0.3, 0.4) is 0 Å². The van der Waals surface area contributed by atoms with Crippen LogP contribution in [0.2, 0.25) is 0 Å². The van der Waals surface area contributed by atoms with Gasteiger partial charge in [0.2, 0.25) is 0 Å². The van der Waals surface area contributed by atoms with E-state index in [9.17, 15) is 0 Å². The van der Waals surface area contributed by atoms with Crippen molar-refractivity contribution >= 4 is 0 Å². The van der Waals surface area contributed by atoms with Crippen molar-refractivity contribution in [3.05, 3.63) is 18.0 Å². The van der Waals surface area contributed by atoms with E-state index in [0.717, 1.165) is 18.9 Å². The summed E-state index contributed by atoms with van der Waals surface area (Å²) in [5.74, 6) is 0.908. The Morgan fingerprint density at radius 2 is 2.17 bits per heavy atom. The molecule has 18 heavy (non-hydrogen) atoms. The predicted octanol–water partition coefficient (Wildman–Crippen LogP) is 3.52. The molecule has 0 aliphatic heterocycles. The molecule has 3 nitrogen and oxygen atoms in total. The van der Waals surface area contributed by atoms with Crippen molar-refractivity contribution in [3.8, 4) is 0 Å². The van der Waals surface area contributed by atoms with Crippen LogP contribution in [0.4, 0.5) is 0 Å². The summed E-state index contributed by atoms with van der Waals surface area (Å²) in [5.41, 5.74) is 1.36. The third-order valence-electron chi connectivity index (χ3n) is 4.15. The quantitative estimate of drug-likeness (QED) is 0.836. The first-order chi connectivity index (χ1) is 8.83. The maximum atomic E-state index is 4.44. The number of hydrogen-bond donors (Lipinski definition) is 1.